The van der Waals surface area contributed by atoms with Crippen molar-refractivity contribution >= 4 is 5.78 Å². The van der Waals surface area contributed by atoms with Crippen LogP contribution in [0.3, 0.4) is 0 Å². The lowest BCUT2D eigenvalue weighted by Gasteiger charge is -2.05. The minimum atomic E-state index is -0.373. The van der Waals surface area contributed by atoms with Crippen LogP contribution in [0.5, 0.6) is 0 Å². The molecule has 0 spiro atoms. The third kappa shape index (κ3) is 1.76. The zero-order chi connectivity index (χ0) is 6.69. The van der Waals surface area contributed by atoms with Gasteiger partial charge in [0, 0.05) is 0 Å². The Labute approximate surface area is 53.3 Å². The van der Waals surface area contributed by atoms with Crippen LogP contribution in [-0.4, -0.2) is 12.1 Å². The number of carbonyl (C=O) groups is 1. The van der Waals surface area contributed by atoms with Gasteiger partial charge in [0.1, 0.15) is 18.3 Å². The fourth-order valence-corrected chi connectivity index (χ4v) is 0.602. The van der Waals surface area contributed by atoms with Crippen molar-refractivity contribution in [1.29, 1.82) is 0 Å². The Morgan fingerprint density at radius 1 is 1.56 bits per heavy atom. The summed E-state index contributed by atoms with van der Waals surface area (Å²) >= 11 is 0. The second kappa shape index (κ2) is 2.53. The summed E-state index contributed by atoms with van der Waals surface area (Å²) in [5.74, 6) is 0.0729. The van der Waals surface area contributed by atoms with Gasteiger partial charge in [-0.2, -0.15) is 0 Å². The summed E-state index contributed by atoms with van der Waals surface area (Å²) in [6.45, 7) is 1.50. The van der Waals surface area contributed by atoms with Crippen molar-refractivity contribution in [3.05, 3.63) is 12.5 Å². The topological polar surface area (TPSA) is 35.5 Å². The first-order chi connectivity index (χ1) is 4.29. The van der Waals surface area contributed by atoms with Gasteiger partial charge in [-0.1, -0.05) is 0 Å². The highest BCUT2D eigenvalue weighted by atomic mass is 16.7. The van der Waals surface area contributed by atoms with Crippen molar-refractivity contribution in [2.75, 3.05) is 0 Å². The van der Waals surface area contributed by atoms with E-state index in [1.54, 1.807) is 0 Å². The minimum absolute atomic E-state index is 0.0729. The summed E-state index contributed by atoms with van der Waals surface area (Å²) in [7, 11) is 0. The summed E-state index contributed by atoms with van der Waals surface area (Å²) < 4.78 is 9.68. The quantitative estimate of drug-likeness (QED) is 0.552. The molecule has 3 heteroatoms. The highest BCUT2D eigenvalue weighted by Crippen LogP contribution is 2.08. The predicted octanol–water partition coefficient (Wildman–Crippen LogP) is 0.810. The monoisotopic (exact) mass is 128 g/mol. The molecular weight excluding hydrogens is 120 g/mol. The van der Waals surface area contributed by atoms with Crippen molar-refractivity contribution in [2.45, 2.75) is 19.6 Å². The van der Waals surface area contributed by atoms with Crippen LogP contribution in [0.2, 0.25) is 0 Å². The highest BCUT2D eigenvalue weighted by Gasteiger charge is 2.13. The van der Waals surface area contributed by atoms with Gasteiger partial charge >= 0.3 is 0 Å². The van der Waals surface area contributed by atoms with E-state index in [4.69, 9.17) is 9.47 Å². The number of hydrogen-bond donors (Lipinski definition) is 0. The number of carbonyl (C=O) groups excluding carboxylic acids is 1. The molecule has 9 heavy (non-hydrogen) atoms. The Morgan fingerprint density at radius 2 is 2.11 bits per heavy atom. The molecule has 1 rings (SSSR count). The molecular formula is C6H8O3. The standard InChI is InChI=1S/C6H8O3/c1-5(7)4-6-8-2-3-9-6/h2-3,6H,4H2,1H3. The smallest absolute Gasteiger partial charge is 0.246 e. The van der Waals surface area contributed by atoms with E-state index in [0.29, 0.717) is 6.42 Å². The Morgan fingerprint density at radius 3 is 2.56 bits per heavy atom. The molecule has 1 heterocycles. The summed E-state index contributed by atoms with van der Waals surface area (Å²) in [6, 6.07) is 0. The molecule has 0 unspecified atom stereocenters. The van der Waals surface area contributed by atoms with Gasteiger partial charge in [0.05, 0.1) is 6.42 Å². The van der Waals surface area contributed by atoms with Crippen molar-refractivity contribution < 1.29 is 14.3 Å². The first kappa shape index (κ1) is 6.13. The van der Waals surface area contributed by atoms with E-state index in [9.17, 15) is 4.79 Å². The second-order valence-corrected chi connectivity index (χ2v) is 1.88. The van der Waals surface area contributed by atoms with Crippen LogP contribution >= 0.6 is 0 Å². The maximum Gasteiger partial charge on any atom is 0.246 e. The maximum absolute atomic E-state index is 10.4. The molecule has 0 N–H and O–H groups in total. The molecule has 3 nitrogen and oxygen atoms in total. The van der Waals surface area contributed by atoms with Crippen LogP contribution in [-0.2, 0) is 14.3 Å². The fraction of sp³-hybridized carbons (Fsp3) is 0.500. The first-order valence-corrected chi connectivity index (χ1v) is 2.74. The molecule has 0 aromatic heterocycles. The number of ether oxygens (including phenoxy) is 2. The molecule has 0 atom stereocenters. The third-order valence-corrected chi connectivity index (χ3v) is 0.970. The minimum Gasteiger partial charge on any atom is -0.459 e. The van der Waals surface area contributed by atoms with Gasteiger partial charge in [0.15, 0.2) is 0 Å². The van der Waals surface area contributed by atoms with Crippen LogP contribution in [0.1, 0.15) is 13.3 Å². The van der Waals surface area contributed by atoms with Gasteiger partial charge in [0.2, 0.25) is 6.29 Å². The maximum atomic E-state index is 10.4. The van der Waals surface area contributed by atoms with Crippen molar-refractivity contribution in [2.24, 2.45) is 0 Å². The SMILES string of the molecule is CC(=O)CC1OC=CO1. The second-order valence-electron chi connectivity index (χ2n) is 1.88. The molecule has 0 amide bonds. The van der Waals surface area contributed by atoms with Crippen molar-refractivity contribution in [1.82, 2.24) is 0 Å². The van der Waals surface area contributed by atoms with Gasteiger partial charge in [0.25, 0.3) is 0 Å². The van der Waals surface area contributed by atoms with Gasteiger partial charge in [-0.25, -0.2) is 0 Å². The predicted molar refractivity (Wildman–Crippen MR) is 30.4 cm³/mol. The highest BCUT2D eigenvalue weighted by molar-refractivity contribution is 5.75. The molecule has 0 aliphatic carbocycles. The van der Waals surface area contributed by atoms with E-state index in [-0.39, 0.29) is 12.1 Å². The number of rotatable bonds is 2. The average Bonchev–Trinajstić information content (AvgIpc) is 2.15. The molecule has 0 radical (unpaired) electrons. The number of hydrogen-bond acceptors (Lipinski definition) is 3. The normalized spacial score (nSPS) is 17.0. The Balaban J connectivity index is 2.22. The van der Waals surface area contributed by atoms with E-state index < -0.39 is 0 Å². The number of Topliss-reactive ketones (excluding diaryl/α,β-unsaturated/α-hetero) is 1. The summed E-state index contributed by atoms with van der Waals surface area (Å²) in [5.41, 5.74) is 0. The lowest BCUT2D eigenvalue weighted by molar-refractivity contribution is -0.123. The van der Waals surface area contributed by atoms with Gasteiger partial charge < -0.3 is 9.47 Å². The van der Waals surface area contributed by atoms with E-state index in [2.05, 4.69) is 0 Å². The van der Waals surface area contributed by atoms with Crippen molar-refractivity contribution in [3.8, 4) is 0 Å². The Hall–Kier alpha value is -0.990. The van der Waals surface area contributed by atoms with Crippen LogP contribution < -0.4 is 0 Å². The third-order valence-electron chi connectivity index (χ3n) is 0.970. The Bertz CT molecular complexity index is 131. The van der Waals surface area contributed by atoms with Crippen LogP contribution in [0.25, 0.3) is 0 Å². The zero-order valence-electron chi connectivity index (χ0n) is 5.16. The molecule has 0 aromatic rings. The molecule has 0 aromatic carbocycles. The molecule has 0 fully saturated rings. The fourth-order valence-electron chi connectivity index (χ4n) is 0.602. The summed E-state index contributed by atoms with van der Waals surface area (Å²) in [4.78, 5) is 10.4. The molecule has 1 aliphatic rings. The molecule has 0 bridgehead atoms. The number of ketones is 1. The van der Waals surface area contributed by atoms with E-state index in [0.717, 1.165) is 0 Å². The van der Waals surface area contributed by atoms with Crippen molar-refractivity contribution in [3.63, 3.8) is 0 Å². The average molecular weight is 128 g/mol. The zero-order valence-corrected chi connectivity index (χ0v) is 5.16. The van der Waals surface area contributed by atoms with Crippen LogP contribution in [0.4, 0.5) is 0 Å². The van der Waals surface area contributed by atoms with Gasteiger partial charge in [-0.05, 0) is 6.92 Å². The molecule has 50 valence electrons. The van der Waals surface area contributed by atoms with Crippen LogP contribution in [0.15, 0.2) is 12.5 Å². The molecule has 0 saturated carbocycles. The van der Waals surface area contributed by atoms with E-state index in [1.807, 2.05) is 0 Å². The largest absolute Gasteiger partial charge is 0.459 e. The van der Waals surface area contributed by atoms with E-state index >= 15 is 0 Å². The first-order valence-electron chi connectivity index (χ1n) is 2.74. The van der Waals surface area contributed by atoms with E-state index in [1.165, 1.54) is 19.4 Å². The summed E-state index contributed by atoms with van der Waals surface area (Å²) in [6.07, 6.45) is 2.83. The van der Waals surface area contributed by atoms with Gasteiger partial charge in [-0.15, -0.1) is 0 Å². The molecule has 1 aliphatic heterocycles. The summed E-state index contributed by atoms with van der Waals surface area (Å²) in [5, 5.41) is 0. The van der Waals surface area contributed by atoms with Gasteiger partial charge in [-0.3, -0.25) is 4.79 Å². The lowest BCUT2D eigenvalue weighted by Crippen LogP contribution is -2.11. The van der Waals surface area contributed by atoms with Crippen LogP contribution in [0, 0.1) is 0 Å². The molecule has 0 saturated heterocycles. The lowest BCUT2D eigenvalue weighted by atomic mass is 10.3. The Kier molecular flexibility index (Phi) is 1.72.